The van der Waals surface area contributed by atoms with Crippen LogP contribution in [0.1, 0.15) is 33.6 Å². The number of hydrogen-bond acceptors (Lipinski definition) is 8. The van der Waals surface area contributed by atoms with Gasteiger partial charge in [-0.05, 0) is 64.9 Å². The van der Waals surface area contributed by atoms with Crippen LogP contribution in [0.4, 0.5) is 20.3 Å². The number of fused-ring (bicyclic) bond motifs is 1. The summed E-state index contributed by atoms with van der Waals surface area (Å²) in [6.07, 6.45) is 1.92. The molecule has 1 saturated heterocycles. The Kier molecular flexibility index (Phi) is 8.13. The third-order valence-electron chi connectivity index (χ3n) is 5.88. The van der Waals surface area contributed by atoms with Crippen molar-refractivity contribution in [3.63, 3.8) is 0 Å². The lowest BCUT2D eigenvalue weighted by Crippen LogP contribution is -2.44. The molecule has 3 aromatic rings. The lowest BCUT2D eigenvalue weighted by Gasteiger charge is -2.32. The topological polar surface area (TPSA) is 94.6 Å². The van der Waals surface area contributed by atoms with Crippen molar-refractivity contribution in [3.8, 4) is 11.5 Å². The predicted molar refractivity (Wildman–Crippen MR) is 139 cm³/mol. The van der Waals surface area contributed by atoms with Crippen LogP contribution >= 0.6 is 15.9 Å². The van der Waals surface area contributed by atoms with Crippen LogP contribution in [-0.2, 0) is 9.53 Å². The van der Waals surface area contributed by atoms with Crippen molar-refractivity contribution < 1.29 is 27.8 Å². The molecule has 0 bridgehead atoms. The van der Waals surface area contributed by atoms with Gasteiger partial charge in [-0.25, -0.2) is 23.5 Å². The molecule has 37 heavy (non-hydrogen) atoms. The van der Waals surface area contributed by atoms with Gasteiger partial charge < -0.3 is 24.8 Å². The summed E-state index contributed by atoms with van der Waals surface area (Å²) in [7, 11) is 1.46. The van der Waals surface area contributed by atoms with Crippen molar-refractivity contribution in [2.24, 2.45) is 5.92 Å². The fraction of sp³-hybridized carbons (Fsp3) is 0.423. The van der Waals surface area contributed by atoms with Crippen LogP contribution in [0.25, 0.3) is 10.9 Å². The number of benzene rings is 2. The van der Waals surface area contributed by atoms with E-state index in [0.717, 1.165) is 38.1 Å². The number of methoxy groups -OCH3 is 1. The van der Waals surface area contributed by atoms with Crippen LogP contribution in [0, 0.1) is 17.6 Å². The Labute approximate surface area is 222 Å². The zero-order valence-corrected chi connectivity index (χ0v) is 22.6. The molecule has 1 aliphatic heterocycles. The van der Waals surface area contributed by atoms with E-state index >= 15 is 0 Å². The second kappa shape index (κ2) is 11.1. The number of aromatic nitrogens is 2. The average molecular weight is 579 g/mol. The SMILES string of the molecule is COc1cc2c(Nc3c(F)cc(Br)cc3F)ncnc2cc1OC(C(=O)OC(C)(C)C)C1CCNCC1. The average Bonchev–Trinajstić information content (AvgIpc) is 2.83. The number of piperidine rings is 1. The number of esters is 1. The second-order valence-corrected chi connectivity index (χ2v) is 10.7. The Bertz CT molecular complexity index is 1270. The number of hydrogen-bond donors (Lipinski definition) is 2. The Balaban J connectivity index is 1.71. The molecule has 2 N–H and O–H groups in total. The first-order valence-corrected chi connectivity index (χ1v) is 12.7. The Morgan fingerprint density at radius 2 is 1.78 bits per heavy atom. The van der Waals surface area contributed by atoms with Crippen molar-refractivity contribution in [1.29, 1.82) is 0 Å². The molecular formula is C26H29BrF2N4O4. The molecular weight excluding hydrogens is 550 g/mol. The standard InChI is InChI=1S/C26H29BrF2N4O4/c1-26(2,3)37-25(34)23(14-5-7-30-8-6-14)36-21-12-19-16(11-20(21)35-4)24(32-13-31-19)33-22-17(28)9-15(27)10-18(22)29/h9-14,23,30H,5-8H2,1-4H3,(H,31,32,33). The fourth-order valence-corrected chi connectivity index (χ4v) is 4.58. The van der Waals surface area contributed by atoms with Gasteiger partial charge in [0, 0.05) is 21.8 Å². The molecule has 4 rings (SSSR count). The number of nitrogens with one attached hydrogen (secondary N) is 2. The smallest absolute Gasteiger partial charge is 0.348 e. The van der Waals surface area contributed by atoms with Crippen molar-refractivity contribution in [2.45, 2.75) is 45.3 Å². The molecule has 1 atom stereocenters. The van der Waals surface area contributed by atoms with Crippen molar-refractivity contribution in [1.82, 2.24) is 15.3 Å². The van der Waals surface area contributed by atoms with Crippen LogP contribution in [0.15, 0.2) is 35.1 Å². The second-order valence-electron chi connectivity index (χ2n) is 9.77. The first kappa shape index (κ1) is 27.0. The van der Waals surface area contributed by atoms with Crippen molar-refractivity contribution in [3.05, 3.63) is 46.7 Å². The normalized spacial score (nSPS) is 15.3. The Hall–Kier alpha value is -3.05. The molecule has 2 heterocycles. The van der Waals surface area contributed by atoms with E-state index in [1.165, 1.54) is 13.4 Å². The molecule has 11 heteroatoms. The van der Waals surface area contributed by atoms with Crippen molar-refractivity contribution in [2.75, 3.05) is 25.5 Å². The maximum absolute atomic E-state index is 14.5. The zero-order valence-electron chi connectivity index (χ0n) is 21.0. The summed E-state index contributed by atoms with van der Waals surface area (Å²) in [5.41, 5.74) is -0.595. The van der Waals surface area contributed by atoms with Gasteiger partial charge in [0.05, 0.1) is 12.6 Å². The zero-order chi connectivity index (χ0) is 26.7. The van der Waals surface area contributed by atoms with Gasteiger partial charge in [-0.3, -0.25) is 0 Å². The maximum atomic E-state index is 14.5. The summed E-state index contributed by atoms with van der Waals surface area (Å²) in [5.74, 6) is -1.28. The highest BCUT2D eigenvalue weighted by molar-refractivity contribution is 9.10. The van der Waals surface area contributed by atoms with E-state index in [9.17, 15) is 13.6 Å². The fourth-order valence-electron chi connectivity index (χ4n) is 4.18. The minimum Gasteiger partial charge on any atom is -0.493 e. The monoisotopic (exact) mass is 578 g/mol. The highest BCUT2D eigenvalue weighted by Gasteiger charge is 2.35. The number of rotatable bonds is 7. The Morgan fingerprint density at radius 1 is 1.11 bits per heavy atom. The van der Waals surface area contributed by atoms with Gasteiger partial charge in [-0.2, -0.15) is 0 Å². The van der Waals surface area contributed by atoms with E-state index in [4.69, 9.17) is 14.2 Å². The highest BCUT2D eigenvalue weighted by atomic mass is 79.9. The molecule has 8 nitrogen and oxygen atoms in total. The quantitative estimate of drug-likeness (QED) is 0.354. The van der Waals surface area contributed by atoms with Crippen LogP contribution < -0.4 is 20.1 Å². The van der Waals surface area contributed by atoms with Gasteiger partial charge in [-0.15, -0.1) is 0 Å². The van der Waals surface area contributed by atoms with E-state index in [2.05, 4.69) is 36.5 Å². The molecule has 1 aliphatic rings. The highest BCUT2D eigenvalue weighted by Crippen LogP contribution is 2.37. The summed E-state index contributed by atoms with van der Waals surface area (Å²) in [6.45, 7) is 6.97. The molecule has 0 radical (unpaired) electrons. The van der Waals surface area contributed by atoms with E-state index in [-0.39, 0.29) is 21.9 Å². The van der Waals surface area contributed by atoms with Gasteiger partial charge in [0.2, 0.25) is 0 Å². The molecule has 0 amide bonds. The molecule has 1 fully saturated rings. The van der Waals surface area contributed by atoms with Crippen LogP contribution in [-0.4, -0.2) is 47.8 Å². The lowest BCUT2D eigenvalue weighted by atomic mass is 9.92. The molecule has 2 aromatic carbocycles. The largest absolute Gasteiger partial charge is 0.493 e. The Morgan fingerprint density at radius 3 is 2.41 bits per heavy atom. The summed E-state index contributed by atoms with van der Waals surface area (Å²) >= 11 is 3.07. The number of anilines is 2. The maximum Gasteiger partial charge on any atom is 0.348 e. The van der Waals surface area contributed by atoms with Crippen LogP contribution in [0.3, 0.4) is 0 Å². The number of halogens is 3. The number of ether oxygens (including phenoxy) is 3. The molecule has 198 valence electrons. The summed E-state index contributed by atoms with van der Waals surface area (Å²) in [6, 6.07) is 5.53. The van der Waals surface area contributed by atoms with E-state index < -0.39 is 29.3 Å². The summed E-state index contributed by atoms with van der Waals surface area (Å²) < 4.78 is 46.7. The summed E-state index contributed by atoms with van der Waals surface area (Å²) in [5, 5.41) is 6.46. The molecule has 0 spiro atoms. The van der Waals surface area contributed by atoms with Gasteiger partial charge in [0.1, 0.15) is 23.4 Å². The number of carbonyl (C=O) groups excluding carboxylic acids is 1. The first-order valence-electron chi connectivity index (χ1n) is 11.9. The summed E-state index contributed by atoms with van der Waals surface area (Å²) in [4.78, 5) is 21.6. The predicted octanol–water partition coefficient (Wildman–Crippen LogP) is 5.51. The van der Waals surface area contributed by atoms with E-state index in [0.29, 0.717) is 22.4 Å². The van der Waals surface area contributed by atoms with Crippen LogP contribution in [0.5, 0.6) is 11.5 Å². The molecule has 0 aliphatic carbocycles. The van der Waals surface area contributed by atoms with Gasteiger partial charge >= 0.3 is 5.97 Å². The third kappa shape index (κ3) is 6.45. The van der Waals surface area contributed by atoms with Crippen molar-refractivity contribution >= 4 is 44.3 Å². The molecule has 1 aromatic heterocycles. The van der Waals surface area contributed by atoms with Gasteiger partial charge in [0.25, 0.3) is 0 Å². The lowest BCUT2D eigenvalue weighted by molar-refractivity contribution is -0.166. The van der Waals surface area contributed by atoms with E-state index in [1.54, 1.807) is 12.1 Å². The first-order chi connectivity index (χ1) is 17.6. The minimum atomic E-state index is -0.849. The van der Waals surface area contributed by atoms with Crippen LogP contribution in [0.2, 0.25) is 0 Å². The number of carbonyl (C=O) groups is 1. The van der Waals surface area contributed by atoms with Gasteiger partial charge in [-0.1, -0.05) is 15.9 Å². The number of nitrogens with zero attached hydrogens (tertiary/aromatic N) is 2. The van der Waals surface area contributed by atoms with E-state index in [1.807, 2.05) is 20.8 Å². The van der Waals surface area contributed by atoms with Gasteiger partial charge in [0.15, 0.2) is 29.2 Å². The molecule has 0 saturated carbocycles. The third-order valence-corrected chi connectivity index (χ3v) is 6.33. The minimum absolute atomic E-state index is 0.0533. The molecule has 1 unspecified atom stereocenters.